The summed E-state index contributed by atoms with van der Waals surface area (Å²) >= 11 is 0. The fourth-order valence-corrected chi connectivity index (χ4v) is 10.8. The molecule has 6 rings (SSSR count). The summed E-state index contributed by atoms with van der Waals surface area (Å²) in [6, 6.07) is -0.534. The number of likely N-dealkylation sites (N-methyl/N-ethyl adjacent to an activating group) is 1. The summed E-state index contributed by atoms with van der Waals surface area (Å²) in [5, 5.41) is 47.6. The lowest BCUT2D eigenvalue weighted by atomic mass is 9.42. The van der Waals surface area contributed by atoms with Gasteiger partial charge >= 0.3 is 5.97 Å². The molecule has 9 nitrogen and oxygen atoms in total. The van der Waals surface area contributed by atoms with Crippen LogP contribution < -0.4 is 0 Å². The molecule has 4 N–H and O–H groups in total. The summed E-state index contributed by atoms with van der Waals surface area (Å²) in [4.78, 5) is 14.4. The molecule has 5 aliphatic carbocycles. The average Bonchev–Trinajstić information content (AvgIpc) is 3.18. The van der Waals surface area contributed by atoms with Crippen LogP contribution in [-0.4, -0.2) is 107 Å². The molecule has 1 spiro atoms. The normalized spacial score (nSPS) is 59.2. The molecule has 0 aromatic heterocycles. The topological polar surface area (TPSA) is 129 Å². The maximum absolute atomic E-state index is 12.9. The first-order valence-corrected chi connectivity index (χ1v) is 12.8. The number of fused-ring (bicyclic) bond motifs is 2. The highest BCUT2D eigenvalue weighted by atomic mass is 16.6. The quantitative estimate of drug-likeness (QED) is 0.385. The van der Waals surface area contributed by atoms with Crippen LogP contribution in [0.1, 0.15) is 39.5 Å². The lowest BCUT2D eigenvalue weighted by Gasteiger charge is -2.70. The molecule has 0 aromatic rings. The van der Waals surface area contributed by atoms with Crippen LogP contribution in [0.3, 0.4) is 0 Å². The van der Waals surface area contributed by atoms with Crippen LogP contribution >= 0.6 is 0 Å². The molecule has 1 heterocycles. The number of hydrogen-bond donors (Lipinski definition) is 4. The molecule has 13 atom stereocenters. The Hall–Kier alpha value is -0.810. The monoisotopic (exact) mass is 481 g/mol. The predicted octanol–water partition coefficient (Wildman–Crippen LogP) is -0.466. The minimum atomic E-state index is -1.73. The molecule has 192 valence electrons. The number of nitrogens with zero attached hydrogens (tertiary/aromatic N) is 1. The minimum Gasteiger partial charge on any atom is -0.462 e. The molecule has 1 saturated heterocycles. The fourth-order valence-electron chi connectivity index (χ4n) is 10.8. The van der Waals surface area contributed by atoms with Crippen molar-refractivity contribution in [2.45, 2.75) is 81.2 Å². The highest BCUT2D eigenvalue weighted by Gasteiger charge is 2.91. The molecule has 1 unspecified atom stereocenters. The van der Waals surface area contributed by atoms with Crippen molar-refractivity contribution in [2.75, 3.05) is 33.9 Å². The summed E-state index contributed by atoms with van der Waals surface area (Å²) in [5.41, 5.74) is -4.42. The van der Waals surface area contributed by atoms with E-state index in [-0.39, 0.29) is 30.5 Å². The van der Waals surface area contributed by atoms with Crippen molar-refractivity contribution >= 4 is 5.97 Å². The Morgan fingerprint density at radius 2 is 1.97 bits per heavy atom. The third-order valence-corrected chi connectivity index (χ3v) is 11.5. The largest absolute Gasteiger partial charge is 0.462 e. The van der Waals surface area contributed by atoms with E-state index in [1.807, 2.05) is 6.92 Å². The lowest BCUT2D eigenvalue weighted by Crippen LogP contribution is -2.82. The van der Waals surface area contributed by atoms with Crippen LogP contribution in [0.4, 0.5) is 0 Å². The van der Waals surface area contributed by atoms with E-state index in [1.165, 1.54) is 6.92 Å². The summed E-state index contributed by atoms with van der Waals surface area (Å²) < 4.78 is 18.2. The molecular weight excluding hydrogens is 442 g/mol. The Balaban J connectivity index is 1.66. The third-order valence-electron chi connectivity index (χ3n) is 11.5. The van der Waals surface area contributed by atoms with Gasteiger partial charge in [0.15, 0.2) is 0 Å². The predicted molar refractivity (Wildman–Crippen MR) is 118 cm³/mol. The molecule has 34 heavy (non-hydrogen) atoms. The number of carbonyl (C=O) groups is 1. The van der Waals surface area contributed by atoms with E-state index in [2.05, 4.69) is 4.90 Å². The molecular formula is C25H39NO8. The van der Waals surface area contributed by atoms with Gasteiger partial charge in [-0.1, -0.05) is 6.92 Å². The van der Waals surface area contributed by atoms with Gasteiger partial charge in [-0.25, -0.2) is 0 Å². The van der Waals surface area contributed by atoms with Gasteiger partial charge in [-0.3, -0.25) is 9.69 Å². The minimum absolute atomic E-state index is 0.0879. The number of piperidine rings is 1. The van der Waals surface area contributed by atoms with Crippen LogP contribution in [-0.2, 0) is 19.0 Å². The second-order valence-corrected chi connectivity index (χ2v) is 12.0. The van der Waals surface area contributed by atoms with E-state index in [0.29, 0.717) is 38.8 Å². The first-order chi connectivity index (χ1) is 16.1. The maximum Gasteiger partial charge on any atom is 0.302 e. The van der Waals surface area contributed by atoms with Gasteiger partial charge in [0.05, 0.1) is 31.0 Å². The van der Waals surface area contributed by atoms with Crippen LogP contribution in [0.25, 0.3) is 0 Å². The van der Waals surface area contributed by atoms with E-state index < -0.39 is 58.3 Å². The van der Waals surface area contributed by atoms with Gasteiger partial charge in [-0.15, -0.1) is 0 Å². The van der Waals surface area contributed by atoms with Gasteiger partial charge in [0.25, 0.3) is 0 Å². The van der Waals surface area contributed by atoms with Crippen molar-refractivity contribution in [1.29, 1.82) is 0 Å². The van der Waals surface area contributed by atoms with E-state index >= 15 is 0 Å². The van der Waals surface area contributed by atoms with Gasteiger partial charge in [-0.05, 0) is 31.7 Å². The zero-order chi connectivity index (χ0) is 24.4. The molecule has 0 radical (unpaired) electrons. The van der Waals surface area contributed by atoms with Crippen molar-refractivity contribution in [3.05, 3.63) is 0 Å². The first-order valence-electron chi connectivity index (χ1n) is 12.8. The van der Waals surface area contributed by atoms with Gasteiger partial charge in [0, 0.05) is 62.7 Å². The second-order valence-electron chi connectivity index (χ2n) is 12.0. The second kappa shape index (κ2) is 7.15. The summed E-state index contributed by atoms with van der Waals surface area (Å²) in [7, 11) is 3.19. The van der Waals surface area contributed by atoms with Crippen LogP contribution in [0.15, 0.2) is 0 Å². The molecule has 0 amide bonds. The van der Waals surface area contributed by atoms with Crippen molar-refractivity contribution in [2.24, 2.45) is 34.5 Å². The van der Waals surface area contributed by atoms with Crippen LogP contribution in [0, 0.1) is 34.5 Å². The van der Waals surface area contributed by atoms with Crippen LogP contribution in [0.2, 0.25) is 0 Å². The number of ether oxygens (including phenoxy) is 3. The van der Waals surface area contributed by atoms with Crippen molar-refractivity contribution < 1.29 is 39.4 Å². The molecule has 5 saturated carbocycles. The number of aliphatic hydroxyl groups is 4. The number of rotatable bonds is 5. The fraction of sp³-hybridized carbons (Fsp3) is 0.960. The Kier molecular flexibility index (Phi) is 4.96. The summed E-state index contributed by atoms with van der Waals surface area (Å²) in [5.74, 6) is -1.52. The Bertz CT molecular complexity index is 887. The third kappa shape index (κ3) is 2.18. The molecule has 6 fully saturated rings. The number of esters is 1. The molecule has 0 aromatic carbocycles. The van der Waals surface area contributed by atoms with E-state index in [4.69, 9.17) is 14.2 Å². The summed E-state index contributed by atoms with van der Waals surface area (Å²) in [6.07, 6.45) is -0.698. The van der Waals surface area contributed by atoms with Crippen LogP contribution in [0.5, 0.6) is 0 Å². The number of carbonyl (C=O) groups excluding carboxylic acids is 1. The molecule has 7 bridgehead atoms. The van der Waals surface area contributed by atoms with Gasteiger partial charge in [0.2, 0.25) is 0 Å². The standard InChI is InChI=1S/C25H39NO8/c1-5-26-10-22(11-27)7-6-16(29)24-14-8-13-15(32-3)9-23(33-4,17(14)18(13)34-12(2)28)25(31,21(24)26)20(30)19(22)24/h13-21,27,29-31H,5-11H2,1-4H3/t13-,14-,15+,16+,17-,18+,19-,20-,21?,22+,23-,24+,25+/m1/s1. The number of methoxy groups -OCH3 is 2. The number of aliphatic hydroxyl groups excluding tert-OH is 3. The van der Waals surface area contributed by atoms with Crippen molar-refractivity contribution in [3.8, 4) is 0 Å². The Morgan fingerprint density at radius 3 is 2.56 bits per heavy atom. The molecule has 1 aliphatic heterocycles. The van der Waals surface area contributed by atoms with Gasteiger partial charge in [-0.2, -0.15) is 0 Å². The van der Waals surface area contributed by atoms with E-state index in [0.717, 1.165) is 0 Å². The smallest absolute Gasteiger partial charge is 0.302 e. The molecule has 6 aliphatic rings. The molecule has 9 heteroatoms. The SMILES string of the molecule is CCN1C[C@]2(CO)CC[C@H](O)[C@]34C1[C@@](O)([C@H](O)[C@H]23)[C@@]1(OC)C[C@H](OC)[C@H]2C[C@@H]4[C@@H]1[C@H]2OC(C)=O. The highest BCUT2D eigenvalue weighted by Crippen LogP contribution is 2.80. The van der Waals surface area contributed by atoms with Gasteiger partial charge in [0.1, 0.15) is 17.3 Å². The van der Waals surface area contributed by atoms with E-state index in [9.17, 15) is 25.2 Å². The van der Waals surface area contributed by atoms with E-state index in [1.54, 1.807) is 14.2 Å². The Labute approximate surface area is 200 Å². The van der Waals surface area contributed by atoms with Crippen molar-refractivity contribution in [1.82, 2.24) is 4.90 Å². The average molecular weight is 482 g/mol. The zero-order valence-electron chi connectivity index (χ0n) is 20.5. The van der Waals surface area contributed by atoms with Crippen molar-refractivity contribution in [3.63, 3.8) is 0 Å². The first kappa shape index (κ1) is 23.6. The summed E-state index contributed by atoms with van der Waals surface area (Å²) in [6.45, 7) is 4.48. The number of likely N-dealkylation sites (tertiary alicyclic amines) is 1. The zero-order valence-corrected chi connectivity index (χ0v) is 20.5. The van der Waals surface area contributed by atoms with Gasteiger partial charge < -0.3 is 34.6 Å². The lowest BCUT2D eigenvalue weighted by molar-refractivity contribution is -0.323. The maximum atomic E-state index is 12.9. The highest BCUT2D eigenvalue weighted by molar-refractivity contribution is 5.66. The Morgan fingerprint density at radius 1 is 1.24 bits per heavy atom. The number of hydrogen-bond acceptors (Lipinski definition) is 9.